The highest BCUT2D eigenvalue weighted by Crippen LogP contribution is 2.37. The van der Waals surface area contributed by atoms with Crippen molar-refractivity contribution < 1.29 is 14.2 Å². The lowest BCUT2D eigenvalue weighted by molar-refractivity contribution is 0.269. The van der Waals surface area contributed by atoms with Crippen molar-refractivity contribution in [3.8, 4) is 17.4 Å². The lowest BCUT2D eigenvalue weighted by atomic mass is 10.2. The van der Waals surface area contributed by atoms with Crippen LogP contribution in [0.4, 0.5) is 0 Å². The van der Waals surface area contributed by atoms with Crippen molar-refractivity contribution in [2.24, 2.45) is 0 Å². The van der Waals surface area contributed by atoms with Crippen LogP contribution in [0, 0.1) is 0 Å². The van der Waals surface area contributed by atoms with Crippen LogP contribution in [0.3, 0.4) is 0 Å². The first-order valence-electron chi connectivity index (χ1n) is 10.3. The Balaban J connectivity index is 1.53. The third-order valence-corrected chi connectivity index (χ3v) is 5.34. The molecule has 0 saturated carbocycles. The van der Waals surface area contributed by atoms with Gasteiger partial charge in [-0.1, -0.05) is 46.9 Å². The van der Waals surface area contributed by atoms with E-state index < -0.39 is 0 Å². The first-order valence-corrected chi connectivity index (χ1v) is 11.5. The van der Waals surface area contributed by atoms with Crippen LogP contribution in [-0.2, 0) is 13.2 Å². The van der Waals surface area contributed by atoms with Crippen molar-refractivity contribution in [1.29, 1.82) is 0 Å². The molecule has 0 aliphatic carbocycles. The lowest BCUT2D eigenvalue weighted by Crippen LogP contribution is -2.17. The number of pyridine rings is 1. The van der Waals surface area contributed by atoms with E-state index in [1.54, 1.807) is 18.3 Å². The molecule has 2 aromatic carbocycles. The SMILES string of the molecule is CCOc1cc(CNCCCOc2ccccn2)cc(Cl)c1OCc1ccc(Cl)cc1Cl. The highest BCUT2D eigenvalue weighted by molar-refractivity contribution is 6.35. The topological polar surface area (TPSA) is 52.6 Å². The van der Waals surface area contributed by atoms with E-state index in [1.165, 1.54) is 0 Å². The smallest absolute Gasteiger partial charge is 0.213 e. The van der Waals surface area contributed by atoms with Gasteiger partial charge in [-0.3, -0.25) is 0 Å². The Bertz CT molecular complexity index is 1000. The molecule has 0 bridgehead atoms. The van der Waals surface area contributed by atoms with Gasteiger partial charge >= 0.3 is 0 Å². The molecule has 0 saturated heterocycles. The number of aromatic nitrogens is 1. The van der Waals surface area contributed by atoms with Crippen molar-refractivity contribution in [3.63, 3.8) is 0 Å². The number of rotatable bonds is 12. The molecule has 0 aliphatic rings. The Labute approximate surface area is 203 Å². The van der Waals surface area contributed by atoms with Gasteiger partial charge in [0, 0.05) is 34.4 Å². The summed E-state index contributed by atoms with van der Waals surface area (Å²) in [7, 11) is 0. The van der Waals surface area contributed by atoms with E-state index in [0.717, 1.165) is 24.1 Å². The van der Waals surface area contributed by atoms with Crippen LogP contribution in [0.15, 0.2) is 54.7 Å². The van der Waals surface area contributed by atoms with E-state index in [2.05, 4.69) is 10.3 Å². The summed E-state index contributed by atoms with van der Waals surface area (Å²) >= 11 is 18.7. The van der Waals surface area contributed by atoms with Crippen LogP contribution < -0.4 is 19.5 Å². The molecule has 0 aliphatic heterocycles. The Morgan fingerprint density at radius 3 is 2.56 bits per heavy atom. The molecule has 1 aromatic heterocycles. The second kappa shape index (κ2) is 12.8. The summed E-state index contributed by atoms with van der Waals surface area (Å²) in [5.74, 6) is 1.73. The van der Waals surface area contributed by atoms with Crippen LogP contribution in [0.2, 0.25) is 15.1 Å². The molecule has 3 rings (SSSR count). The maximum Gasteiger partial charge on any atom is 0.213 e. The molecule has 0 amide bonds. The summed E-state index contributed by atoms with van der Waals surface area (Å²) in [5, 5.41) is 4.99. The van der Waals surface area contributed by atoms with Crippen molar-refractivity contribution >= 4 is 34.8 Å². The second-order valence-electron chi connectivity index (χ2n) is 6.91. The molecule has 8 heteroatoms. The minimum atomic E-state index is 0.254. The van der Waals surface area contributed by atoms with Gasteiger partial charge in [-0.2, -0.15) is 0 Å². The number of benzene rings is 2. The van der Waals surface area contributed by atoms with Gasteiger partial charge in [0.15, 0.2) is 11.5 Å². The number of ether oxygens (including phenoxy) is 3. The van der Waals surface area contributed by atoms with Gasteiger partial charge in [0.05, 0.1) is 18.2 Å². The summed E-state index contributed by atoms with van der Waals surface area (Å²) < 4.78 is 17.3. The number of nitrogens with zero attached hydrogens (tertiary/aromatic N) is 1. The van der Waals surface area contributed by atoms with Crippen LogP contribution in [0.25, 0.3) is 0 Å². The van der Waals surface area contributed by atoms with Gasteiger partial charge in [0.1, 0.15) is 6.61 Å². The summed E-state index contributed by atoms with van der Waals surface area (Å²) in [6.45, 7) is 4.70. The highest BCUT2D eigenvalue weighted by atomic mass is 35.5. The van der Waals surface area contributed by atoms with E-state index in [0.29, 0.717) is 52.2 Å². The summed E-state index contributed by atoms with van der Waals surface area (Å²) in [4.78, 5) is 4.14. The largest absolute Gasteiger partial charge is 0.490 e. The molecule has 1 N–H and O–H groups in total. The fourth-order valence-electron chi connectivity index (χ4n) is 2.95. The minimum absolute atomic E-state index is 0.254. The van der Waals surface area contributed by atoms with Crippen LogP contribution in [0.5, 0.6) is 17.4 Å². The zero-order chi connectivity index (χ0) is 22.8. The van der Waals surface area contributed by atoms with E-state index >= 15 is 0 Å². The summed E-state index contributed by atoms with van der Waals surface area (Å²) in [5.41, 5.74) is 1.81. The van der Waals surface area contributed by atoms with Gasteiger partial charge < -0.3 is 19.5 Å². The third kappa shape index (κ3) is 7.45. The zero-order valence-electron chi connectivity index (χ0n) is 17.7. The highest BCUT2D eigenvalue weighted by Gasteiger charge is 2.14. The molecular formula is C24H25Cl3N2O3. The molecule has 170 valence electrons. The van der Waals surface area contributed by atoms with Crippen LogP contribution in [-0.4, -0.2) is 24.7 Å². The maximum absolute atomic E-state index is 6.52. The predicted octanol–water partition coefficient (Wildman–Crippen LogP) is 6.58. The van der Waals surface area contributed by atoms with Crippen molar-refractivity contribution in [2.45, 2.75) is 26.5 Å². The van der Waals surface area contributed by atoms with E-state index in [4.69, 9.17) is 49.0 Å². The standard InChI is InChI=1S/C24H25Cl3N2O3/c1-2-30-22-13-17(15-28-9-5-11-31-23-6-3-4-10-29-23)12-21(27)24(22)32-16-18-7-8-19(25)14-20(18)26/h3-4,6-8,10,12-14,28H,2,5,9,11,15-16H2,1H3. The molecule has 0 unspecified atom stereocenters. The number of hydrogen-bond donors (Lipinski definition) is 1. The fraction of sp³-hybridized carbons (Fsp3) is 0.292. The van der Waals surface area contributed by atoms with Crippen LogP contribution >= 0.6 is 34.8 Å². The average Bonchev–Trinajstić information content (AvgIpc) is 2.77. The first kappa shape index (κ1) is 24.5. The number of nitrogens with one attached hydrogen (secondary N) is 1. The van der Waals surface area contributed by atoms with Crippen molar-refractivity contribution in [3.05, 3.63) is 80.9 Å². The van der Waals surface area contributed by atoms with Crippen molar-refractivity contribution in [2.75, 3.05) is 19.8 Å². The van der Waals surface area contributed by atoms with E-state index in [1.807, 2.05) is 43.3 Å². The lowest BCUT2D eigenvalue weighted by Gasteiger charge is -2.16. The second-order valence-corrected chi connectivity index (χ2v) is 8.16. The third-order valence-electron chi connectivity index (χ3n) is 4.47. The van der Waals surface area contributed by atoms with Gasteiger partial charge in [-0.25, -0.2) is 4.98 Å². The summed E-state index contributed by atoms with van der Waals surface area (Å²) in [6.07, 6.45) is 2.57. The molecule has 0 radical (unpaired) electrons. The summed E-state index contributed by atoms with van der Waals surface area (Å²) in [6, 6.07) is 14.7. The van der Waals surface area contributed by atoms with E-state index in [-0.39, 0.29) is 6.61 Å². The van der Waals surface area contributed by atoms with Gasteiger partial charge in [0.25, 0.3) is 0 Å². The molecule has 1 heterocycles. The zero-order valence-corrected chi connectivity index (χ0v) is 20.0. The Morgan fingerprint density at radius 2 is 1.81 bits per heavy atom. The maximum atomic E-state index is 6.52. The first-order chi connectivity index (χ1) is 15.6. The molecule has 3 aromatic rings. The molecule has 0 fully saturated rings. The monoisotopic (exact) mass is 494 g/mol. The number of halogens is 3. The molecular weight excluding hydrogens is 471 g/mol. The molecule has 0 atom stereocenters. The molecule has 32 heavy (non-hydrogen) atoms. The number of hydrogen-bond acceptors (Lipinski definition) is 5. The molecule has 5 nitrogen and oxygen atoms in total. The quantitative estimate of drug-likeness (QED) is 0.288. The minimum Gasteiger partial charge on any atom is -0.490 e. The van der Waals surface area contributed by atoms with E-state index in [9.17, 15) is 0 Å². The Hall–Kier alpha value is -2.18. The van der Waals surface area contributed by atoms with Gasteiger partial charge in [-0.15, -0.1) is 0 Å². The Morgan fingerprint density at radius 1 is 0.938 bits per heavy atom. The van der Waals surface area contributed by atoms with Crippen LogP contribution in [0.1, 0.15) is 24.5 Å². The Kier molecular flexibility index (Phi) is 9.75. The molecule has 0 spiro atoms. The van der Waals surface area contributed by atoms with Gasteiger partial charge in [0.2, 0.25) is 5.88 Å². The average molecular weight is 496 g/mol. The predicted molar refractivity (Wildman–Crippen MR) is 129 cm³/mol. The normalized spacial score (nSPS) is 10.8. The van der Waals surface area contributed by atoms with Crippen molar-refractivity contribution in [1.82, 2.24) is 10.3 Å². The van der Waals surface area contributed by atoms with Gasteiger partial charge in [-0.05, 0) is 55.8 Å². The fourth-order valence-corrected chi connectivity index (χ4v) is 3.71.